The van der Waals surface area contributed by atoms with Gasteiger partial charge in [0.2, 0.25) is 0 Å². The second-order valence-corrected chi connectivity index (χ2v) is 5.51. The molecule has 1 unspecified atom stereocenters. The van der Waals surface area contributed by atoms with Gasteiger partial charge >= 0.3 is 0 Å². The number of aryl methyl sites for hydroxylation is 2. The fraction of sp³-hybridized carbons (Fsp3) is 0.462. The van der Waals surface area contributed by atoms with Crippen molar-refractivity contribution in [1.82, 2.24) is 15.1 Å². The Morgan fingerprint density at radius 3 is 2.79 bits per heavy atom. The van der Waals surface area contributed by atoms with Crippen LogP contribution in [0.3, 0.4) is 0 Å². The normalized spacial score (nSPS) is 12.9. The predicted molar refractivity (Wildman–Crippen MR) is 79.6 cm³/mol. The molecule has 2 rings (SSSR count). The van der Waals surface area contributed by atoms with Crippen LogP contribution in [-0.4, -0.2) is 16.8 Å². The Morgan fingerprint density at radius 1 is 1.53 bits per heavy atom. The summed E-state index contributed by atoms with van der Waals surface area (Å²) >= 11 is 9.66. The Bertz CT molecular complexity index is 564. The molecule has 0 saturated carbocycles. The van der Waals surface area contributed by atoms with E-state index in [-0.39, 0.29) is 6.04 Å². The van der Waals surface area contributed by atoms with Crippen molar-refractivity contribution < 1.29 is 4.42 Å². The van der Waals surface area contributed by atoms with E-state index in [1.807, 2.05) is 30.8 Å². The summed E-state index contributed by atoms with van der Waals surface area (Å²) in [5.74, 6) is 0.881. The molecule has 0 saturated heterocycles. The maximum Gasteiger partial charge on any atom is 0.169 e. The van der Waals surface area contributed by atoms with Crippen LogP contribution >= 0.6 is 27.5 Å². The van der Waals surface area contributed by atoms with Crippen molar-refractivity contribution in [3.05, 3.63) is 39.0 Å². The average Bonchev–Trinajstić information content (AvgIpc) is 2.93. The summed E-state index contributed by atoms with van der Waals surface area (Å²) in [6, 6.07) is 3.92. The van der Waals surface area contributed by atoms with Crippen LogP contribution in [0, 0.1) is 6.92 Å². The standard InChI is InChI=1S/C13H17BrClN3O/c1-4-18-10(13(15)8(2)17-18)7-9(16-3)11-5-6-12(14)19-11/h5-6,9,16H,4,7H2,1-3H3. The third kappa shape index (κ3) is 3.04. The molecule has 1 N–H and O–H groups in total. The van der Waals surface area contributed by atoms with Gasteiger partial charge in [0, 0.05) is 13.0 Å². The second kappa shape index (κ2) is 6.11. The Morgan fingerprint density at radius 2 is 2.26 bits per heavy atom. The number of aromatic nitrogens is 2. The van der Waals surface area contributed by atoms with Crippen LogP contribution in [0.1, 0.15) is 30.1 Å². The van der Waals surface area contributed by atoms with Crippen LogP contribution in [0.25, 0.3) is 0 Å². The first-order valence-corrected chi connectivity index (χ1v) is 7.38. The molecule has 2 aromatic rings. The summed E-state index contributed by atoms with van der Waals surface area (Å²) in [5, 5.41) is 8.43. The Kier molecular flexibility index (Phi) is 4.71. The maximum absolute atomic E-state index is 6.34. The minimum Gasteiger partial charge on any atom is -0.453 e. The first kappa shape index (κ1) is 14.6. The number of furan rings is 1. The predicted octanol–water partition coefficient (Wildman–Crippen LogP) is 3.72. The molecule has 4 nitrogen and oxygen atoms in total. The zero-order valence-corrected chi connectivity index (χ0v) is 13.5. The van der Waals surface area contributed by atoms with E-state index in [1.165, 1.54) is 0 Å². The van der Waals surface area contributed by atoms with Gasteiger partial charge < -0.3 is 9.73 Å². The fourth-order valence-electron chi connectivity index (χ4n) is 2.12. The van der Waals surface area contributed by atoms with Gasteiger partial charge in [0.1, 0.15) is 5.76 Å². The van der Waals surface area contributed by atoms with E-state index < -0.39 is 0 Å². The zero-order valence-electron chi connectivity index (χ0n) is 11.2. The lowest BCUT2D eigenvalue weighted by Gasteiger charge is -2.14. The summed E-state index contributed by atoms with van der Waals surface area (Å²) in [5.41, 5.74) is 1.91. The smallest absolute Gasteiger partial charge is 0.169 e. The van der Waals surface area contributed by atoms with E-state index in [0.717, 1.165) is 39.8 Å². The molecular weight excluding hydrogens is 330 g/mol. The molecule has 6 heteroatoms. The van der Waals surface area contributed by atoms with Crippen LogP contribution in [0.4, 0.5) is 0 Å². The van der Waals surface area contributed by atoms with Crippen molar-refractivity contribution in [3.8, 4) is 0 Å². The van der Waals surface area contributed by atoms with Gasteiger partial charge in [-0.1, -0.05) is 11.6 Å². The van der Waals surface area contributed by atoms with E-state index >= 15 is 0 Å². The molecule has 19 heavy (non-hydrogen) atoms. The maximum atomic E-state index is 6.34. The first-order chi connectivity index (χ1) is 9.06. The third-order valence-corrected chi connectivity index (χ3v) is 4.05. The van der Waals surface area contributed by atoms with Crippen LogP contribution in [0.2, 0.25) is 5.02 Å². The lowest BCUT2D eigenvalue weighted by molar-refractivity contribution is 0.410. The second-order valence-electron chi connectivity index (χ2n) is 4.35. The quantitative estimate of drug-likeness (QED) is 0.897. The highest BCUT2D eigenvalue weighted by atomic mass is 79.9. The minimum absolute atomic E-state index is 0.0743. The van der Waals surface area contributed by atoms with Crippen molar-refractivity contribution in [2.24, 2.45) is 0 Å². The Balaban J connectivity index is 2.28. The molecule has 0 aliphatic rings. The number of nitrogens with one attached hydrogen (secondary N) is 1. The van der Waals surface area contributed by atoms with Crippen molar-refractivity contribution >= 4 is 27.5 Å². The topological polar surface area (TPSA) is 43.0 Å². The van der Waals surface area contributed by atoms with Gasteiger partial charge in [-0.15, -0.1) is 0 Å². The van der Waals surface area contributed by atoms with Crippen molar-refractivity contribution in [3.63, 3.8) is 0 Å². The number of rotatable bonds is 5. The molecule has 0 fully saturated rings. The summed E-state index contributed by atoms with van der Waals surface area (Å²) in [6.45, 7) is 4.79. The van der Waals surface area contributed by atoms with Crippen molar-refractivity contribution in [2.45, 2.75) is 32.9 Å². The molecule has 2 aromatic heterocycles. The molecule has 0 aliphatic heterocycles. The van der Waals surface area contributed by atoms with E-state index in [2.05, 4.69) is 33.3 Å². The summed E-state index contributed by atoms with van der Waals surface area (Å²) in [6.07, 6.45) is 0.740. The van der Waals surface area contributed by atoms with Crippen LogP contribution in [0.15, 0.2) is 21.2 Å². The van der Waals surface area contributed by atoms with E-state index in [1.54, 1.807) is 0 Å². The number of nitrogens with zero attached hydrogens (tertiary/aromatic N) is 2. The monoisotopic (exact) mass is 345 g/mol. The number of hydrogen-bond acceptors (Lipinski definition) is 3. The van der Waals surface area contributed by atoms with E-state index in [4.69, 9.17) is 16.0 Å². The summed E-state index contributed by atoms with van der Waals surface area (Å²) < 4.78 is 8.29. The third-order valence-electron chi connectivity index (χ3n) is 3.14. The lowest BCUT2D eigenvalue weighted by atomic mass is 10.1. The number of halogens is 2. The SMILES string of the molecule is CCn1nc(C)c(Cl)c1CC(NC)c1ccc(Br)o1. The lowest BCUT2D eigenvalue weighted by Crippen LogP contribution is -2.20. The average molecular weight is 347 g/mol. The van der Waals surface area contributed by atoms with E-state index in [0.29, 0.717) is 0 Å². The van der Waals surface area contributed by atoms with Gasteiger partial charge in [0.15, 0.2) is 4.67 Å². The highest BCUT2D eigenvalue weighted by molar-refractivity contribution is 9.10. The molecule has 2 heterocycles. The molecule has 0 aliphatic carbocycles. The van der Waals surface area contributed by atoms with Gasteiger partial charge in [-0.3, -0.25) is 4.68 Å². The van der Waals surface area contributed by atoms with Gasteiger partial charge in [-0.2, -0.15) is 5.10 Å². The van der Waals surface area contributed by atoms with Gasteiger partial charge in [-0.05, 0) is 49.0 Å². The number of hydrogen-bond donors (Lipinski definition) is 1. The molecule has 0 spiro atoms. The van der Waals surface area contributed by atoms with Crippen molar-refractivity contribution in [2.75, 3.05) is 7.05 Å². The molecule has 0 radical (unpaired) electrons. The van der Waals surface area contributed by atoms with Crippen molar-refractivity contribution in [1.29, 1.82) is 0 Å². The first-order valence-electron chi connectivity index (χ1n) is 6.21. The van der Waals surface area contributed by atoms with Gasteiger partial charge in [0.25, 0.3) is 0 Å². The van der Waals surface area contributed by atoms with Crippen LogP contribution in [0.5, 0.6) is 0 Å². The van der Waals surface area contributed by atoms with Crippen LogP contribution in [-0.2, 0) is 13.0 Å². The summed E-state index contributed by atoms with van der Waals surface area (Å²) in [4.78, 5) is 0. The summed E-state index contributed by atoms with van der Waals surface area (Å²) in [7, 11) is 1.91. The molecule has 0 bridgehead atoms. The molecule has 104 valence electrons. The number of likely N-dealkylation sites (N-methyl/N-ethyl adjacent to an activating group) is 1. The fourth-order valence-corrected chi connectivity index (χ4v) is 2.65. The largest absolute Gasteiger partial charge is 0.453 e. The minimum atomic E-state index is 0.0743. The van der Waals surface area contributed by atoms with E-state index in [9.17, 15) is 0 Å². The Labute approximate surface area is 126 Å². The molecule has 0 aromatic carbocycles. The zero-order chi connectivity index (χ0) is 14.0. The molecular formula is C13H17BrClN3O. The molecule has 0 amide bonds. The highest BCUT2D eigenvalue weighted by Gasteiger charge is 2.20. The van der Waals surface area contributed by atoms with Crippen LogP contribution < -0.4 is 5.32 Å². The van der Waals surface area contributed by atoms with Gasteiger partial charge in [0.05, 0.1) is 22.5 Å². The molecule has 1 atom stereocenters. The highest BCUT2D eigenvalue weighted by Crippen LogP contribution is 2.28. The van der Waals surface area contributed by atoms with Gasteiger partial charge in [-0.25, -0.2) is 0 Å². The Hall–Kier alpha value is -0.780.